The van der Waals surface area contributed by atoms with Crippen molar-refractivity contribution >= 4 is 23.4 Å². The number of esters is 1. The smallest absolute Gasteiger partial charge is 0.338 e. The molecular formula is C25H22N2O4S. The van der Waals surface area contributed by atoms with E-state index in [9.17, 15) is 9.59 Å². The number of methoxy groups -OCH3 is 1. The number of ether oxygens (including phenoxy) is 2. The molecule has 0 saturated carbocycles. The Hall–Kier alpha value is -3.71. The van der Waals surface area contributed by atoms with Crippen LogP contribution in [0, 0.1) is 0 Å². The monoisotopic (exact) mass is 446 g/mol. The lowest BCUT2D eigenvalue weighted by Crippen LogP contribution is -2.39. The molecule has 0 spiro atoms. The summed E-state index contributed by atoms with van der Waals surface area (Å²) in [6, 6.07) is 16.3. The summed E-state index contributed by atoms with van der Waals surface area (Å²) >= 11 is 1.30. The molecule has 0 aliphatic carbocycles. The third-order valence-electron chi connectivity index (χ3n) is 5.09. The van der Waals surface area contributed by atoms with E-state index in [-0.39, 0.29) is 5.56 Å². The molecule has 2 aromatic carbocycles. The summed E-state index contributed by atoms with van der Waals surface area (Å²) in [7, 11) is 1.33. The summed E-state index contributed by atoms with van der Waals surface area (Å²) in [5, 5.41) is 0. The van der Waals surface area contributed by atoms with Gasteiger partial charge in [0.15, 0.2) is 4.80 Å². The number of allylic oxidation sites excluding steroid dienone is 1. The summed E-state index contributed by atoms with van der Waals surface area (Å²) in [6.45, 7) is 5.83. The van der Waals surface area contributed by atoms with Gasteiger partial charge in [0.25, 0.3) is 5.56 Å². The Labute approximate surface area is 189 Å². The van der Waals surface area contributed by atoms with Crippen LogP contribution in [0.3, 0.4) is 0 Å². The molecule has 1 aliphatic rings. The Morgan fingerprint density at radius 1 is 1.19 bits per heavy atom. The topological polar surface area (TPSA) is 69.9 Å². The fourth-order valence-electron chi connectivity index (χ4n) is 3.61. The van der Waals surface area contributed by atoms with Gasteiger partial charge in [-0.25, -0.2) is 9.79 Å². The van der Waals surface area contributed by atoms with Crippen molar-refractivity contribution in [3.8, 4) is 5.75 Å². The second-order valence-electron chi connectivity index (χ2n) is 7.15. The van der Waals surface area contributed by atoms with Gasteiger partial charge in [-0.2, -0.15) is 0 Å². The lowest BCUT2D eigenvalue weighted by atomic mass is 9.96. The van der Waals surface area contributed by atoms with Crippen molar-refractivity contribution in [1.29, 1.82) is 0 Å². The van der Waals surface area contributed by atoms with E-state index in [0.717, 1.165) is 16.9 Å². The van der Waals surface area contributed by atoms with Crippen LogP contribution >= 0.6 is 11.3 Å². The molecule has 4 rings (SSSR count). The average molecular weight is 447 g/mol. The van der Waals surface area contributed by atoms with Crippen molar-refractivity contribution < 1.29 is 14.3 Å². The Morgan fingerprint density at radius 3 is 2.56 bits per heavy atom. The van der Waals surface area contributed by atoms with Gasteiger partial charge in [-0.15, -0.1) is 0 Å². The largest absolute Gasteiger partial charge is 0.490 e. The van der Waals surface area contributed by atoms with Gasteiger partial charge >= 0.3 is 5.97 Å². The number of nitrogens with zero attached hydrogens (tertiary/aromatic N) is 2. The molecule has 1 aliphatic heterocycles. The maximum absolute atomic E-state index is 13.4. The van der Waals surface area contributed by atoms with Crippen molar-refractivity contribution in [2.75, 3.05) is 13.7 Å². The number of aromatic nitrogens is 1. The zero-order valence-electron chi connectivity index (χ0n) is 17.8. The number of thiazole rings is 1. The van der Waals surface area contributed by atoms with Gasteiger partial charge in [-0.1, -0.05) is 66.5 Å². The minimum absolute atomic E-state index is 0.205. The standard InChI is InChI=1S/C25H22N2O4S/c1-4-14-31-19-12-10-17(11-13-19)15-20-23(28)27-22(18-8-6-5-7-9-18)21(24(29)30-3)16(2)26-25(27)32-20/h4-13,15,22H,1,14H2,2-3H3/b20-15-. The maximum Gasteiger partial charge on any atom is 0.338 e. The molecule has 7 heteroatoms. The Kier molecular flexibility index (Phi) is 6.18. The predicted molar refractivity (Wildman–Crippen MR) is 124 cm³/mol. The van der Waals surface area contributed by atoms with Crippen LogP contribution in [0.1, 0.15) is 24.1 Å². The predicted octanol–water partition coefficient (Wildman–Crippen LogP) is 2.97. The minimum Gasteiger partial charge on any atom is -0.490 e. The quantitative estimate of drug-likeness (QED) is 0.431. The van der Waals surface area contributed by atoms with E-state index in [4.69, 9.17) is 9.47 Å². The molecule has 6 nitrogen and oxygen atoms in total. The first kappa shape index (κ1) is 21.5. The molecule has 0 radical (unpaired) electrons. The van der Waals surface area contributed by atoms with Crippen LogP contribution in [-0.2, 0) is 9.53 Å². The van der Waals surface area contributed by atoms with Crippen LogP contribution in [0.25, 0.3) is 6.08 Å². The normalized spacial score (nSPS) is 15.7. The van der Waals surface area contributed by atoms with Crippen LogP contribution in [0.15, 0.2) is 88.3 Å². The number of carbonyl (C=O) groups is 1. The van der Waals surface area contributed by atoms with Crippen molar-refractivity contribution in [3.05, 3.63) is 109 Å². The number of benzene rings is 2. The van der Waals surface area contributed by atoms with Crippen molar-refractivity contribution in [1.82, 2.24) is 4.57 Å². The van der Waals surface area contributed by atoms with Crippen LogP contribution < -0.4 is 19.6 Å². The van der Waals surface area contributed by atoms with Gasteiger partial charge < -0.3 is 9.47 Å². The van der Waals surface area contributed by atoms with Crippen LogP contribution in [0.5, 0.6) is 5.75 Å². The average Bonchev–Trinajstić information content (AvgIpc) is 3.12. The fraction of sp³-hybridized carbons (Fsp3) is 0.160. The highest BCUT2D eigenvalue weighted by Crippen LogP contribution is 2.30. The van der Waals surface area contributed by atoms with Gasteiger partial charge in [0.2, 0.25) is 0 Å². The lowest BCUT2D eigenvalue weighted by molar-refractivity contribution is -0.136. The summed E-state index contributed by atoms with van der Waals surface area (Å²) in [4.78, 5) is 31.2. The molecule has 0 bridgehead atoms. The zero-order valence-corrected chi connectivity index (χ0v) is 18.6. The SMILES string of the molecule is C=CCOc1ccc(/C=c2\sc3n(c2=O)C(c2ccccc2)C(C(=O)OC)=C(C)N=3)cc1. The second kappa shape index (κ2) is 9.20. The maximum atomic E-state index is 13.4. The molecule has 1 atom stereocenters. The van der Waals surface area contributed by atoms with E-state index in [2.05, 4.69) is 11.6 Å². The van der Waals surface area contributed by atoms with Crippen LogP contribution in [-0.4, -0.2) is 24.3 Å². The second-order valence-corrected chi connectivity index (χ2v) is 8.16. The van der Waals surface area contributed by atoms with Gasteiger partial charge in [0, 0.05) is 0 Å². The molecule has 2 heterocycles. The first-order chi connectivity index (χ1) is 15.5. The minimum atomic E-state index is -0.600. The summed E-state index contributed by atoms with van der Waals surface area (Å²) in [5.41, 5.74) is 2.38. The highest BCUT2D eigenvalue weighted by molar-refractivity contribution is 7.07. The highest BCUT2D eigenvalue weighted by atomic mass is 32.1. The molecular weight excluding hydrogens is 424 g/mol. The number of carbonyl (C=O) groups excluding carboxylic acids is 1. The third kappa shape index (κ3) is 4.07. The van der Waals surface area contributed by atoms with E-state index in [1.807, 2.05) is 60.7 Å². The first-order valence-corrected chi connectivity index (χ1v) is 10.8. The Morgan fingerprint density at radius 2 is 1.91 bits per heavy atom. The molecule has 0 fully saturated rings. The van der Waals surface area contributed by atoms with E-state index in [1.54, 1.807) is 17.6 Å². The molecule has 0 amide bonds. The van der Waals surface area contributed by atoms with Gasteiger partial charge in [-0.3, -0.25) is 9.36 Å². The van der Waals surface area contributed by atoms with Crippen LogP contribution in [0.4, 0.5) is 0 Å². The molecule has 0 saturated heterocycles. The number of hydrogen-bond donors (Lipinski definition) is 0. The zero-order chi connectivity index (χ0) is 22.7. The van der Waals surface area contributed by atoms with Crippen molar-refractivity contribution in [2.45, 2.75) is 13.0 Å². The number of hydrogen-bond acceptors (Lipinski definition) is 6. The van der Waals surface area contributed by atoms with E-state index >= 15 is 0 Å². The van der Waals surface area contributed by atoms with Gasteiger partial charge in [-0.05, 0) is 36.3 Å². The van der Waals surface area contributed by atoms with Gasteiger partial charge in [0.05, 0.1) is 29.0 Å². The summed E-state index contributed by atoms with van der Waals surface area (Å²) < 4.78 is 12.6. The van der Waals surface area contributed by atoms with Gasteiger partial charge in [0.1, 0.15) is 12.4 Å². The molecule has 1 unspecified atom stereocenters. The van der Waals surface area contributed by atoms with E-state index in [1.165, 1.54) is 18.4 Å². The third-order valence-corrected chi connectivity index (χ3v) is 6.07. The fourth-order valence-corrected chi connectivity index (χ4v) is 4.66. The molecule has 0 N–H and O–H groups in total. The molecule has 32 heavy (non-hydrogen) atoms. The molecule has 162 valence electrons. The summed E-state index contributed by atoms with van der Waals surface area (Å²) in [5.74, 6) is 0.232. The number of rotatable bonds is 6. The molecule has 1 aromatic heterocycles. The van der Waals surface area contributed by atoms with Crippen molar-refractivity contribution in [3.63, 3.8) is 0 Å². The lowest BCUT2D eigenvalue weighted by Gasteiger charge is -2.24. The Balaban J connectivity index is 1.84. The van der Waals surface area contributed by atoms with E-state index in [0.29, 0.717) is 27.2 Å². The van der Waals surface area contributed by atoms with E-state index < -0.39 is 12.0 Å². The molecule has 3 aromatic rings. The summed E-state index contributed by atoms with van der Waals surface area (Å²) in [6.07, 6.45) is 3.50. The number of fused-ring (bicyclic) bond motifs is 1. The Bertz CT molecular complexity index is 1370. The first-order valence-electron chi connectivity index (χ1n) is 10.0. The highest BCUT2D eigenvalue weighted by Gasteiger charge is 2.32. The van der Waals surface area contributed by atoms with Crippen LogP contribution in [0.2, 0.25) is 0 Å². The van der Waals surface area contributed by atoms with Crippen molar-refractivity contribution in [2.24, 2.45) is 4.99 Å².